The first-order valence-electron chi connectivity index (χ1n) is 6.26. The van der Waals surface area contributed by atoms with Crippen LogP contribution in [0.15, 0.2) is 16.4 Å². The topological polar surface area (TPSA) is 60.3 Å². The van der Waals surface area contributed by atoms with Crippen molar-refractivity contribution in [3.63, 3.8) is 0 Å². The lowest BCUT2D eigenvalue weighted by Gasteiger charge is -2.19. The van der Waals surface area contributed by atoms with Gasteiger partial charge >= 0.3 is 6.09 Å². The Kier molecular flexibility index (Phi) is 3.60. The quantitative estimate of drug-likeness (QED) is 0.878. The van der Waals surface area contributed by atoms with Gasteiger partial charge in [-0.15, -0.1) is 11.3 Å². The van der Waals surface area contributed by atoms with Crippen molar-refractivity contribution in [2.45, 2.75) is 33.3 Å². The van der Waals surface area contributed by atoms with Crippen molar-refractivity contribution >= 4 is 33.2 Å². The van der Waals surface area contributed by atoms with E-state index in [2.05, 4.69) is 5.32 Å². The molecule has 5 nitrogen and oxygen atoms in total. The largest absolute Gasteiger partial charge is 0.444 e. The van der Waals surface area contributed by atoms with Crippen LogP contribution in [0.4, 0.5) is 10.5 Å². The van der Waals surface area contributed by atoms with E-state index >= 15 is 0 Å². The summed E-state index contributed by atoms with van der Waals surface area (Å²) >= 11 is 1.44. The first-order chi connectivity index (χ1) is 9.19. The van der Waals surface area contributed by atoms with Gasteiger partial charge in [0, 0.05) is 23.3 Å². The average molecular weight is 294 g/mol. The molecule has 0 radical (unpaired) electrons. The predicted octanol–water partition coefficient (Wildman–Crippen LogP) is 3.26. The molecule has 0 atom stereocenters. The van der Waals surface area contributed by atoms with Gasteiger partial charge in [0.25, 0.3) is 5.56 Å². The van der Waals surface area contributed by atoms with E-state index in [4.69, 9.17) is 4.74 Å². The Balaban J connectivity index is 2.42. The zero-order chi connectivity index (χ0) is 15.1. The van der Waals surface area contributed by atoms with Crippen molar-refractivity contribution in [2.24, 2.45) is 7.05 Å². The molecule has 1 amide bonds. The molecule has 0 fully saturated rings. The number of hydrogen-bond acceptors (Lipinski definition) is 4. The molecule has 0 saturated heterocycles. The SMILES string of the molecule is Cc1cn(C)c(=O)c2c(NC(=O)OC(C)(C)C)csc12. The number of fused-ring (bicyclic) bond motifs is 1. The number of anilines is 1. The Hall–Kier alpha value is -1.82. The van der Waals surface area contributed by atoms with E-state index in [1.807, 2.05) is 6.92 Å². The van der Waals surface area contributed by atoms with Crippen molar-refractivity contribution in [3.8, 4) is 0 Å². The minimum Gasteiger partial charge on any atom is -0.444 e. The highest BCUT2D eigenvalue weighted by molar-refractivity contribution is 7.18. The number of rotatable bonds is 1. The molecule has 0 aliphatic heterocycles. The average Bonchev–Trinajstić information content (AvgIpc) is 2.67. The Bertz CT molecular complexity index is 722. The molecular weight excluding hydrogens is 276 g/mol. The number of amides is 1. The molecule has 1 N–H and O–H groups in total. The van der Waals surface area contributed by atoms with Crippen LogP contribution in [0.25, 0.3) is 10.1 Å². The third-order valence-corrected chi connectivity index (χ3v) is 3.82. The normalized spacial score (nSPS) is 11.7. The molecule has 2 rings (SSSR count). The Labute approximate surface area is 121 Å². The fraction of sp³-hybridized carbons (Fsp3) is 0.429. The molecule has 108 valence electrons. The minimum atomic E-state index is -0.573. The number of hydrogen-bond donors (Lipinski definition) is 1. The molecule has 6 heteroatoms. The van der Waals surface area contributed by atoms with Gasteiger partial charge in [-0.2, -0.15) is 0 Å². The number of carbonyl (C=O) groups excluding carboxylic acids is 1. The number of nitrogens with zero attached hydrogens (tertiary/aromatic N) is 1. The maximum Gasteiger partial charge on any atom is 0.412 e. The maximum absolute atomic E-state index is 12.2. The van der Waals surface area contributed by atoms with Gasteiger partial charge in [-0.05, 0) is 33.3 Å². The monoisotopic (exact) mass is 294 g/mol. The second kappa shape index (κ2) is 4.94. The number of nitrogens with one attached hydrogen (secondary N) is 1. The summed E-state index contributed by atoms with van der Waals surface area (Å²) in [5.41, 5.74) is 0.808. The lowest BCUT2D eigenvalue weighted by molar-refractivity contribution is 0.0636. The van der Waals surface area contributed by atoms with Gasteiger partial charge in [0.15, 0.2) is 0 Å². The van der Waals surface area contributed by atoms with Crippen LogP contribution in [-0.2, 0) is 11.8 Å². The molecule has 2 heterocycles. The van der Waals surface area contributed by atoms with Crippen molar-refractivity contribution in [3.05, 3.63) is 27.5 Å². The van der Waals surface area contributed by atoms with E-state index in [0.29, 0.717) is 11.1 Å². The number of thiophene rings is 1. The number of ether oxygens (including phenoxy) is 1. The van der Waals surface area contributed by atoms with Crippen LogP contribution in [0, 0.1) is 6.92 Å². The number of aryl methyl sites for hydroxylation is 2. The molecular formula is C14H18N2O3S. The van der Waals surface area contributed by atoms with Gasteiger partial charge in [-0.25, -0.2) is 4.79 Å². The molecule has 0 spiro atoms. The third-order valence-electron chi connectivity index (χ3n) is 2.71. The van der Waals surface area contributed by atoms with Gasteiger partial charge in [0.2, 0.25) is 0 Å². The summed E-state index contributed by atoms with van der Waals surface area (Å²) in [6.07, 6.45) is 1.24. The lowest BCUT2D eigenvalue weighted by atomic mass is 10.2. The van der Waals surface area contributed by atoms with E-state index in [1.54, 1.807) is 39.4 Å². The Morgan fingerprint density at radius 3 is 2.65 bits per heavy atom. The van der Waals surface area contributed by atoms with E-state index in [1.165, 1.54) is 15.9 Å². The van der Waals surface area contributed by atoms with Crippen molar-refractivity contribution in [1.29, 1.82) is 0 Å². The van der Waals surface area contributed by atoms with Crippen LogP contribution in [-0.4, -0.2) is 16.3 Å². The lowest BCUT2D eigenvalue weighted by Crippen LogP contribution is -2.27. The van der Waals surface area contributed by atoms with Gasteiger partial charge in [-0.1, -0.05) is 0 Å². The first-order valence-corrected chi connectivity index (χ1v) is 7.14. The minimum absolute atomic E-state index is 0.127. The molecule has 0 unspecified atom stereocenters. The summed E-state index contributed by atoms with van der Waals surface area (Å²) in [6.45, 7) is 7.32. The van der Waals surface area contributed by atoms with Crippen molar-refractivity contribution < 1.29 is 9.53 Å². The van der Waals surface area contributed by atoms with E-state index in [-0.39, 0.29) is 5.56 Å². The molecule has 0 aromatic carbocycles. The zero-order valence-electron chi connectivity index (χ0n) is 12.2. The molecule has 2 aromatic heterocycles. The standard InChI is InChI=1S/C14H18N2O3S/c1-8-6-16(5)12(17)10-9(7-20-11(8)10)15-13(18)19-14(2,3)4/h6-7H,1-5H3,(H,15,18). The Morgan fingerprint density at radius 1 is 1.40 bits per heavy atom. The summed E-state index contributed by atoms with van der Waals surface area (Å²) in [6, 6.07) is 0. The van der Waals surface area contributed by atoms with E-state index in [9.17, 15) is 9.59 Å². The van der Waals surface area contributed by atoms with Crippen LogP contribution >= 0.6 is 11.3 Å². The molecule has 0 saturated carbocycles. The molecule has 2 aromatic rings. The van der Waals surface area contributed by atoms with Crippen LogP contribution in [0.1, 0.15) is 26.3 Å². The number of pyridine rings is 1. The fourth-order valence-electron chi connectivity index (χ4n) is 1.95. The van der Waals surface area contributed by atoms with Crippen LogP contribution in [0.5, 0.6) is 0 Å². The fourth-order valence-corrected chi connectivity index (χ4v) is 2.92. The summed E-state index contributed by atoms with van der Waals surface area (Å²) in [5, 5.41) is 4.95. The summed E-state index contributed by atoms with van der Waals surface area (Å²) in [5.74, 6) is 0. The molecule has 20 heavy (non-hydrogen) atoms. The van der Waals surface area contributed by atoms with Crippen LogP contribution in [0.3, 0.4) is 0 Å². The van der Waals surface area contributed by atoms with Crippen LogP contribution in [0.2, 0.25) is 0 Å². The van der Waals surface area contributed by atoms with E-state index in [0.717, 1.165) is 10.3 Å². The van der Waals surface area contributed by atoms with E-state index < -0.39 is 11.7 Å². The highest BCUT2D eigenvalue weighted by Crippen LogP contribution is 2.30. The highest BCUT2D eigenvalue weighted by Gasteiger charge is 2.19. The van der Waals surface area contributed by atoms with Gasteiger partial charge in [0.1, 0.15) is 5.60 Å². The zero-order valence-corrected chi connectivity index (χ0v) is 13.1. The summed E-state index contributed by atoms with van der Waals surface area (Å²) < 4.78 is 7.61. The van der Waals surface area contributed by atoms with Gasteiger partial charge < -0.3 is 9.30 Å². The van der Waals surface area contributed by atoms with Gasteiger partial charge in [0.05, 0.1) is 11.1 Å². The first kappa shape index (κ1) is 14.6. The predicted molar refractivity (Wildman–Crippen MR) is 81.7 cm³/mol. The smallest absolute Gasteiger partial charge is 0.412 e. The molecule has 0 aliphatic rings. The Morgan fingerprint density at radius 2 is 2.05 bits per heavy atom. The summed E-state index contributed by atoms with van der Waals surface area (Å²) in [4.78, 5) is 24.0. The number of aromatic nitrogens is 1. The van der Waals surface area contributed by atoms with Gasteiger partial charge in [-0.3, -0.25) is 10.1 Å². The second-order valence-electron chi connectivity index (χ2n) is 5.71. The third kappa shape index (κ3) is 2.85. The number of carbonyl (C=O) groups is 1. The van der Waals surface area contributed by atoms with Crippen molar-refractivity contribution in [1.82, 2.24) is 4.57 Å². The summed E-state index contributed by atoms with van der Waals surface area (Å²) in [7, 11) is 1.70. The second-order valence-corrected chi connectivity index (χ2v) is 6.59. The van der Waals surface area contributed by atoms with Crippen LogP contribution < -0.4 is 10.9 Å². The maximum atomic E-state index is 12.2. The molecule has 0 aliphatic carbocycles. The highest BCUT2D eigenvalue weighted by atomic mass is 32.1. The van der Waals surface area contributed by atoms with Crippen molar-refractivity contribution in [2.75, 3.05) is 5.32 Å². The molecule has 0 bridgehead atoms.